The van der Waals surface area contributed by atoms with Gasteiger partial charge in [0.2, 0.25) is 10.0 Å². The zero-order valence-electron chi connectivity index (χ0n) is 10.2. The van der Waals surface area contributed by atoms with Gasteiger partial charge in [-0.25, -0.2) is 13.6 Å². The van der Waals surface area contributed by atoms with Crippen LogP contribution in [-0.2, 0) is 15.8 Å². The van der Waals surface area contributed by atoms with E-state index in [1.807, 2.05) is 0 Å². The van der Waals surface area contributed by atoms with Gasteiger partial charge in [0, 0.05) is 5.69 Å². The number of benzene rings is 1. The van der Waals surface area contributed by atoms with Gasteiger partial charge in [0.25, 0.3) is 5.91 Å². The maximum absolute atomic E-state index is 11.9. The Bertz CT molecular complexity index is 723. The highest BCUT2D eigenvalue weighted by molar-refractivity contribution is 7.88. The van der Waals surface area contributed by atoms with Crippen molar-refractivity contribution in [2.24, 2.45) is 5.14 Å². The van der Waals surface area contributed by atoms with Gasteiger partial charge in [-0.1, -0.05) is 23.7 Å². The third-order valence-electron chi connectivity index (χ3n) is 2.38. The number of thiophene rings is 1. The first kappa shape index (κ1) is 15.0. The maximum atomic E-state index is 11.9. The van der Waals surface area contributed by atoms with Gasteiger partial charge in [0.05, 0.1) is 15.0 Å². The van der Waals surface area contributed by atoms with E-state index in [9.17, 15) is 13.2 Å². The number of nitrogens with two attached hydrogens (primary N) is 1. The molecule has 1 aromatic carbocycles. The van der Waals surface area contributed by atoms with Gasteiger partial charge < -0.3 is 5.32 Å². The first-order chi connectivity index (χ1) is 9.33. The van der Waals surface area contributed by atoms with Crippen molar-refractivity contribution in [3.8, 4) is 0 Å². The molecule has 0 atom stereocenters. The minimum absolute atomic E-state index is 0.234. The van der Waals surface area contributed by atoms with Crippen LogP contribution in [0, 0.1) is 0 Å². The number of anilines is 1. The van der Waals surface area contributed by atoms with E-state index in [0.29, 0.717) is 20.5 Å². The lowest BCUT2D eigenvalue weighted by Gasteiger charge is -2.05. The Kier molecular flexibility index (Phi) is 4.44. The fourth-order valence-electron chi connectivity index (χ4n) is 1.55. The molecule has 0 unspecified atom stereocenters. The topological polar surface area (TPSA) is 89.3 Å². The number of sulfonamides is 1. The Morgan fingerprint density at radius 1 is 1.20 bits per heavy atom. The molecule has 0 aliphatic rings. The summed E-state index contributed by atoms with van der Waals surface area (Å²) in [5.74, 6) is -0.497. The van der Waals surface area contributed by atoms with Crippen molar-refractivity contribution in [1.29, 1.82) is 0 Å². The average Bonchev–Trinajstić information content (AvgIpc) is 2.77. The summed E-state index contributed by atoms with van der Waals surface area (Å²) in [6.07, 6.45) is 0. The summed E-state index contributed by atoms with van der Waals surface area (Å²) >= 11 is 6.94. The number of amides is 1. The largest absolute Gasteiger partial charge is 0.321 e. The number of hydrogen-bond acceptors (Lipinski definition) is 4. The molecule has 2 rings (SSSR count). The van der Waals surface area contributed by atoms with E-state index in [4.69, 9.17) is 16.7 Å². The summed E-state index contributed by atoms with van der Waals surface area (Å²) < 4.78 is 22.4. The van der Waals surface area contributed by atoms with E-state index in [1.165, 1.54) is 11.3 Å². The Morgan fingerprint density at radius 2 is 1.85 bits per heavy atom. The molecule has 2 aromatic rings. The summed E-state index contributed by atoms with van der Waals surface area (Å²) in [6.45, 7) is 0. The SMILES string of the molecule is NS(=O)(=O)Cc1ccc(NC(=O)c2ccc(Cl)s2)cc1. The standard InChI is InChI=1S/C12H11ClN2O3S2/c13-11-6-5-10(19-11)12(16)15-9-3-1-8(2-4-9)7-20(14,17)18/h1-6H,7H2,(H,15,16)(H2,14,17,18). The number of carbonyl (C=O) groups is 1. The fourth-order valence-corrected chi connectivity index (χ4v) is 3.14. The molecule has 0 saturated carbocycles. The average molecular weight is 331 g/mol. The van der Waals surface area contributed by atoms with Crippen LogP contribution < -0.4 is 10.5 Å². The van der Waals surface area contributed by atoms with Gasteiger partial charge in [-0.2, -0.15) is 0 Å². The molecule has 8 heteroatoms. The summed E-state index contributed by atoms with van der Waals surface area (Å²) in [6, 6.07) is 9.72. The number of rotatable bonds is 4. The molecule has 0 aliphatic carbocycles. The minimum Gasteiger partial charge on any atom is -0.321 e. The Morgan fingerprint density at radius 3 is 2.35 bits per heavy atom. The number of hydrogen-bond donors (Lipinski definition) is 2. The fraction of sp³-hybridized carbons (Fsp3) is 0.0833. The second-order valence-electron chi connectivity index (χ2n) is 4.06. The van der Waals surface area contributed by atoms with Crippen molar-refractivity contribution >= 4 is 44.6 Å². The van der Waals surface area contributed by atoms with Gasteiger partial charge in [0.15, 0.2) is 0 Å². The zero-order valence-corrected chi connectivity index (χ0v) is 12.6. The Labute approximate surface area is 125 Å². The van der Waals surface area contributed by atoms with Crippen molar-refractivity contribution in [2.75, 3.05) is 5.32 Å². The van der Waals surface area contributed by atoms with Crippen molar-refractivity contribution in [3.05, 3.63) is 51.2 Å². The first-order valence-electron chi connectivity index (χ1n) is 5.49. The molecule has 0 fully saturated rings. The monoisotopic (exact) mass is 330 g/mol. The van der Waals surface area contributed by atoms with Crippen LogP contribution in [0.15, 0.2) is 36.4 Å². The minimum atomic E-state index is -3.55. The molecule has 3 N–H and O–H groups in total. The van der Waals surface area contributed by atoms with Gasteiger partial charge in [-0.05, 0) is 29.8 Å². The van der Waals surface area contributed by atoms with E-state index in [2.05, 4.69) is 5.32 Å². The first-order valence-corrected chi connectivity index (χ1v) is 8.40. The molecular weight excluding hydrogens is 320 g/mol. The van der Waals surface area contributed by atoms with E-state index in [1.54, 1.807) is 36.4 Å². The van der Waals surface area contributed by atoms with Crippen LogP contribution in [0.4, 0.5) is 5.69 Å². The van der Waals surface area contributed by atoms with Gasteiger partial charge >= 0.3 is 0 Å². The highest BCUT2D eigenvalue weighted by atomic mass is 35.5. The molecule has 0 aliphatic heterocycles. The van der Waals surface area contributed by atoms with Gasteiger partial charge in [-0.3, -0.25) is 4.79 Å². The van der Waals surface area contributed by atoms with Crippen LogP contribution in [0.25, 0.3) is 0 Å². The Balaban J connectivity index is 2.06. The summed E-state index contributed by atoms with van der Waals surface area (Å²) in [4.78, 5) is 12.4. The molecule has 1 amide bonds. The van der Waals surface area contributed by atoms with Crippen molar-refractivity contribution in [3.63, 3.8) is 0 Å². The predicted molar refractivity (Wildman–Crippen MR) is 80.5 cm³/mol. The second kappa shape index (κ2) is 5.92. The van der Waals surface area contributed by atoms with Crippen molar-refractivity contribution in [2.45, 2.75) is 5.75 Å². The third-order valence-corrected chi connectivity index (χ3v) is 4.34. The van der Waals surface area contributed by atoms with Crippen LogP contribution in [0.1, 0.15) is 15.2 Å². The lowest BCUT2D eigenvalue weighted by Crippen LogP contribution is -2.14. The Hall–Kier alpha value is -1.41. The highest BCUT2D eigenvalue weighted by Gasteiger charge is 2.09. The predicted octanol–water partition coefficient (Wildman–Crippen LogP) is 2.44. The molecule has 1 aromatic heterocycles. The van der Waals surface area contributed by atoms with Gasteiger partial charge in [-0.15, -0.1) is 11.3 Å². The van der Waals surface area contributed by atoms with Crippen molar-refractivity contribution in [1.82, 2.24) is 0 Å². The lowest BCUT2D eigenvalue weighted by atomic mass is 10.2. The molecular formula is C12H11ClN2O3S2. The zero-order chi connectivity index (χ0) is 14.8. The van der Waals surface area contributed by atoms with Gasteiger partial charge in [0.1, 0.15) is 0 Å². The van der Waals surface area contributed by atoms with Crippen LogP contribution in [-0.4, -0.2) is 14.3 Å². The van der Waals surface area contributed by atoms with E-state index in [-0.39, 0.29) is 11.7 Å². The van der Waals surface area contributed by atoms with Crippen molar-refractivity contribution < 1.29 is 13.2 Å². The molecule has 106 valence electrons. The second-order valence-corrected chi connectivity index (χ2v) is 7.39. The number of primary sulfonamides is 1. The molecule has 5 nitrogen and oxygen atoms in total. The van der Waals surface area contributed by atoms with E-state index in [0.717, 1.165) is 0 Å². The highest BCUT2D eigenvalue weighted by Crippen LogP contribution is 2.22. The number of nitrogens with one attached hydrogen (secondary N) is 1. The lowest BCUT2D eigenvalue weighted by molar-refractivity contribution is 0.103. The van der Waals surface area contributed by atoms with Crippen LogP contribution >= 0.6 is 22.9 Å². The molecule has 20 heavy (non-hydrogen) atoms. The summed E-state index contributed by atoms with van der Waals surface area (Å²) in [5.41, 5.74) is 1.13. The molecule has 0 spiro atoms. The molecule has 0 saturated heterocycles. The number of halogens is 1. The normalized spacial score (nSPS) is 11.3. The molecule has 1 heterocycles. The van der Waals surface area contributed by atoms with Crippen LogP contribution in [0.5, 0.6) is 0 Å². The summed E-state index contributed by atoms with van der Waals surface area (Å²) in [7, 11) is -3.55. The molecule has 0 radical (unpaired) electrons. The maximum Gasteiger partial charge on any atom is 0.265 e. The van der Waals surface area contributed by atoms with Crippen LogP contribution in [0.3, 0.4) is 0 Å². The smallest absolute Gasteiger partial charge is 0.265 e. The molecule has 0 bridgehead atoms. The quantitative estimate of drug-likeness (QED) is 0.902. The number of carbonyl (C=O) groups excluding carboxylic acids is 1. The van der Waals surface area contributed by atoms with Crippen LogP contribution in [0.2, 0.25) is 4.34 Å². The summed E-state index contributed by atoms with van der Waals surface area (Å²) in [5, 5.41) is 7.65. The van der Waals surface area contributed by atoms with E-state index < -0.39 is 10.0 Å². The third kappa shape index (κ3) is 4.31. The van der Waals surface area contributed by atoms with E-state index >= 15 is 0 Å².